The predicted molar refractivity (Wildman–Crippen MR) is 109 cm³/mol. The lowest BCUT2D eigenvalue weighted by molar-refractivity contribution is 0.108. The van der Waals surface area contributed by atoms with E-state index in [1.165, 1.54) is 0 Å². The van der Waals surface area contributed by atoms with Crippen LogP contribution in [-0.2, 0) is 8.85 Å². The Kier molecular flexibility index (Phi) is 7.17. The van der Waals surface area contributed by atoms with Crippen LogP contribution in [0.25, 0.3) is 0 Å². The molecule has 0 N–H and O–H groups in total. The summed E-state index contributed by atoms with van der Waals surface area (Å²) in [7, 11) is -3.96. The second kappa shape index (κ2) is 7.35. The molecule has 0 bridgehead atoms. The fourth-order valence-electron chi connectivity index (χ4n) is 1.59. The minimum absolute atomic E-state index is 0.0518. The Hall–Kier alpha value is -0.576. The maximum absolute atomic E-state index is 9.92. The van der Waals surface area contributed by atoms with Gasteiger partial charge in [0.05, 0.1) is 6.26 Å². The van der Waals surface area contributed by atoms with E-state index in [-0.39, 0.29) is 16.0 Å². The van der Waals surface area contributed by atoms with Gasteiger partial charge in [-0.25, -0.2) is 0 Å². The number of rotatable bonds is 6. The summed E-state index contributed by atoms with van der Waals surface area (Å²) >= 11 is 0. The van der Waals surface area contributed by atoms with Crippen molar-refractivity contribution in [3.63, 3.8) is 0 Å². The number of nitriles is 1. The predicted octanol–water partition coefficient (Wildman–Crippen LogP) is 6.46. The van der Waals surface area contributed by atoms with Gasteiger partial charge in [0.25, 0.3) is 0 Å². The molecule has 0 aliphatic rings. The Labute approximate surface area is 152 Å². The SMILES string of the molecule is CC(C)[C@@](C#N)(/C=C/O[Si](C)(C)C(C)(C)C)O[Si](C)(C)C(C)(C)C. The summed E-state index contributed by atoms with van der Waals surface area (Å²) < 4.78 is 12.7. The van der Waals surface area contributed by atoms with Crippen molar-refractivity contribution >= 4 is 16.6 Å². The van der Waals surface area contributed by atoms with Gasteiger partial charge in [0.15, 0.2) is 13.9 Å². The normalized spacial score (nSPS) is 17.0. The first kappa shape index (κ1) is 23.4. The van der Waals surface area contributed by atoms with E-state index in [9.17, 15) is 5.26 Å². The number of hydrogen-bond donors (Lipinski definition) is 0. The zero-order chi connectivity index (χ0) is 19.6. The van der Waals surface area contributed by atoms with Gasteiger partial charge in [0.1, 0.15) is 6.07 Å². The minimum Gasteiger partial charge on any atom is -0.549 e. The highest BCUT2D eigenvalue weighted by atomic mass is 28.4. The molecule has 140 valence electrons. The summed E-state index contributed by atoms with van der Waals surface area (Å²) in [5.74, 6) is 0.0518. The average molecular weight is 370 g/mol. The third-order valence-corrected chi connectivity index (χ3v) is 14.5. The molecule has 0 aliphatic heterocycles. The van der Waals surface area contributed by atoms with Crippen molar-refractivity contribution in [3.8, 4) is 6.07 Å². The van der Waals surface area contributed by atoms with Crippen molar-refractivity contribution < 1.29 is 8.85 Å². The van der Waals surface area contributed by atoms with Crippen LogP contribution in [0.3, 0.4) is 0 Å². The van der Waals surface area contributed by atoms with E-state index >= 15 is 0 Å². The highest BCUT2D eigenvalue weighted by molar-refractivity contribution is 6.74. The lowest BCUT2D eigenvalue weighted by Gasteiger charge is -2.43. The Morgan fingerprint density at radius 2 is 1.29 bits per heavy atom. The molecule has 1 atom stereocenters. The smallest absolute Gasteiger partial charge is 0.249 e. The Morgan fingerprint density at radius 1 is 0.875 bits per heavy atom. The van der Waals surface area contributed by atoms with Crippen LogP contribution < -0.4 is 0 Å². The largest absolute Gasteiger partial charge is 0.549 e. The first-order valence-electron chi connectivity index (χ1n) is 8.89. The summed E-state index contributed by atoms with van der Waals surface area (Å²) in [5, 5.41) is 10.1. The van der Waals surface area contributed by atoms with Crippen molar-refractivity contribution in [2.75, 3.05) is 0 Å². The van der Waals surface area contributed by atoms with Crippen LogP contribution >= 0.6 is 0 Å². The van der Waals surface area contributed by atoms with E-state index in [0.29, 0.717) is 0 Å². The second-order valence-corrected chi connectivity index (χ2v) is 19.6. The monoisotopic (exact) mass is 369 g/mol. The molecular weight excluding hydrogens is 330 g/mol. The number of nitrogens with zero attached hydrogens (tertiary/aromatic N) is 1. The van der Waals surface area contributed by atoms with Crippen LogP contribution in [0.2, 0.25) is 36.3 Å². The van der Waals surface area contributed by atoms with E-state index in [2.05, 4.69) is 73.8 Å². The summed E-state index contributed by atoms with van der Waals surface area (Å²) in [5.41, 5.74) is -0.939. The van der Waals surface area contributed by atoms with Gasteiger partial charge < -0.3 is 8.85 Å². The van der Waals surface area contributed by atoms with Gasteiger partial charge in [-0.3, -0.25) is 0 Å². The molecule has 0 fully saturated rings. The lowest BCUT2D eigenvalue weighted by Crippen LogP contribution is -2.50. The molecule has 5 heteroatoms. The highest BCUT2D eigenvalue weighted by Crippen LogP contribution is 2.41. The molecule has 0 unspecified atom stereocenters. The van der Waals surface area contributed by atoms with E-state index < -0.39 is 22.2 Å². The van der Waals surface area contributed by atoms with E-state index in [1.54, 1.807) is 6.26 Å². The second-order valence-electron chi connectivity index (χ2n) is 10.1. The zero-order valence-corrected chi connectivity index (χ0v) is 20.0. The Bertz CT molecular complexity index is 491. The molecule has 0 aromatic heterocycles. The van der Waals surface area contributed by atoms with Gasteiger partial charge in [-0.2, -0.15) is 5.26 Å². The first-order chi connectivity index (χ1) is 10.4. The fraction of sp³-hybridized carbons (Fsp3) is 0.842. The molecule has 0 saturated carbocycles. The third kappa shape index (κ3) is 5.47. The van der Waals surface area contributed by atoms with Crippen molar-refractivity contribution in [2.24, 2.45) is 5.92 Å². The van der Waals surface area contributed by atoms with Crippen LogP contribution in [-0.4, -0.2) is 22.2 Å². The minimum atomic E-state index is -2.07. The van der Waals surface area contributed by atoms with Crippen LogP contribution in [0.1, 0.15) is 55.4 Å². The zero-order valence-electron chi connectivity index (χ0n) is 18.0. The van der Waals surface area contributed by atoms with Crippen molar-refractivity contribution in [3.05, 3.63) is 12.3 Å². The standard InChI is InChI=1S/C19H39NO2Si2/c1-16(2)19(15-20,22-24(11,12)18(6,7)8)13-14-21-23(9,10)17(3,4)5/h13-14,16H,1-12H3/b14-13+/t19-/m0/s1. The van der Waals surface area contributed by atoms with Gasteiger partial charge in [0, 0.05) is 0 Å². The Morgan fingerprint density at radius 3 is 1.58 bits per heavy atom. The first-order valence-corrected chi connectivity index (χ1v) is 14.7. The molecular formula is C19H39NO2Si2. The van der Waals surface area contributed by atoms with Crippen molar-refractivity contribution in [1.82, 2.24) is 0 Å². The molecule has 0 spiro atoms. The van der Waals surface area contributed by atoms with Crippen LogP contribution in [0, 0.1) is 17.2 Å². The molecule has 0 aromatic carbocycles. The van der Waals surface area contributed by atoms with Crippen LogP contribution in [0.4, 0.5) is 0 Å². The van der Waals surface area contributed by atoms with Crippen molar-refractivity contribution in [2.45, 2.75) is 97.3 Å². The summed E-state index contributed by atoms with van der Waals surface area (Å²) in [4.78, 5) is 0. The quantitative estimate of drug-likeness (QED) is 0.398. The van der Waals surface area contributed by atoms with Gasteiger partial charge in [-0.1, -0.05) is 55.4 Å². The molecule has 0 rings (SSSR count). The summed E-state index contributed by atoms with van der Waals surface area (Å²) in [6, 6.07) is 2.43. The van der Waals surface area contributed by atoms with E-state index in [0.717, 1.165) is 0 Å². The van der Waals surface area contributed by atoms with Crippen molar-refractivity contribution in [1.29, 1.82) is 5.26 Å². The van der Waals surface area contributed by atoms with Crippen LogP contribution in [0.15, 0.2) is 12.3 Å². The van der Waals surface area contributed by atoms with Gasteiger partial charge in [-0.15, -0.1) is 0 Å². The fourth-order valence-corrected chi connectivity index (χ4v) is 3.85. The van der Waals surface area contributed by atoms with Gasteiger partial charge in [-0.05, 0) is 48.3 Å². The molecule has 0 aromatic rings. The molecule has 0 amide bonds. The van der Waals surface area contributed by atoms with E-state index in [4.69, 9.17) is 8.85 Å². The molecule has 24 heavy (non-hydrogen) atoms. The maximum atomic E-state index is 9.92. The van der Waals surface area contributed by atoms with Crippen LogP contribution in [0.5, 0.6) is 0 Å². The topological polar surface area (TPSA) is 42.2 Å². The molecule has 0 aliphatic carbocycles. The lowest BCUT2D eigenvalue weighted by atomic mass is 9.92. The van der Waals surface area contributed by atoms with E-state index in [1.807, 2.05) is 19.9 Å². The Balaban J connectivity index is 5.60. The summed E-state index contributed by atoms with van der Waals surface area (Å²) in [6.45, 7) is 26.0. The average Bonchev–Trinajstić information content (AvgIpc) is 2.33. The van der Waals surface area contributed by atoms with Gasteiger partial charge >= 0.3 is 0 Å². The maximum Gasteiger partial charge on any atom is 0.249 e. The highest BCUT2D eigenvalue weighted by Gasteiger charge is 2.46. The molecule has 0 heterocycles. The number of hydrogen-bond acceptors (Lipinski definition) is 3. The molecule has 0 radical (unpaired) electrons. The molecule has 0 saturated heterocycles. The molecule has 3 nitrogen and oxygen atoms in total. The van der Waals surface area contributed by atoms with Gasteiger partial charge in [0.2, 0.25) is 8.32 Å². The summed E-state index contributed by atoms with van der Waals surface area (Å²) in [6.07, 6.45) is 3.58. The third-order valence-electron chi connectivity index (χ3n) is 5.75.